The topological polar surface area (TPSA) is 77.1 Å². The third-order valence-corrected chi connectivity index (χ3v) is 6.19. The Morgan fingerprint density at radius 3 is 2.35 bits per heavy atom. The second-order valence-corrected chi connectivity index (χ2v) is 7.94. The van der Waals surface area contributed by atoms with Crippen molar-refractivity contribution in [1.29, 1.82) is 0 Å². The second kappa shape index (κ2) is 8.74. The van der Waals surface area contributed by atoms with Crippen LogP contribution in [0.3, 0.4) is 0 Å². The predicted octanol–water partition coefficient (Wildman–Crippen LogP) is 2.38. The van der Waals surface area contributed by atoms with Gasteiger partial charge in [0.05, 0.1) is 19.9 Å². The zero-order valence-electron chi connectivity index (χ0n) is 14.5. The third-order valence-electron chi connectivity index (χ3n) is 3.93. The number of hydrogen-bond acceptors (Lipinski definition) is 6. The van der Waals surface area contributed by atoms with E-state index in [0.717, 1.165) is 29.0 Å². The summed E-state index contributed by atoms with van der Waals surface area (Å²) in [6, 6.07) is 12.8. The van der Waals surface area contributed by atoms with Crippen molar-refractivity contribution in [3.8, 4) is 11.5 Å². The molecule has 2 aromatic carbocycles. The fraction of sp³-hybridized carbons (Fsp3) is 0.294. The van der Waals surface area contributed by atoms with Crippen molar-refractivity contribution in [2.24, 2.45) is 0 Å². The first-order valence-corrected chi connectivity index (χ1v) is 10.0. The van der Waals surface area contributed by atoms with Crippen molar-refractivity contribution in [3.63, 3.8) is 0 Å². The standard InChI is InChI=1S/C17H20N2O5S2/c1-22-25(20)19(26(21)23-2)14-6-8-15(9-7-14)24-17-5-3-4-13-12-18-11-10-16(13)17/h3-9,18H,10-12H2,1-2H3. The van der Waals surface area contributed by atoms with Gasteiger partial charge in [0.1, 0.15) is 11.5 Å². The maximum Gasteiger partial charge on any atom is 0.278 e. The van der Waals surface area contributed by atoms with Gasteiger partial charge < -0.3 is 10.1 Å². The monoisotopic (exact) mass is 396 g/mol. The van der Waals surface area contributed by atoms with Gasteiger partial charge >= 0.3 is 0 Å². The summed E-state index contributed by atoms with van der Waals surface area (Å²) in [5.74, 6) is 1.46. The van der Waals surface area contributed by atoms with Gasteiger partial charge in [0.25, 0.3) is 22.5 Å². The highest BCUT2D eigenvalue weighted by molar-refractivity contribution is 7.99. The molecule has 2 unspecified atom stereocenters. The SMILES string of the molecule is COS(=O)N(c1ccc(Oc2cccc3c2CCNC3)cc1)S(=O)OC. The molecule has 26 heavy (non-hydrogen) atoms. The summed E-state index contributed by atoms with van der Waals surface area (Å²) >= 11 is -3.86. The number of rotatable bonds is 7. The van der Waals surface area contributed by atoms with E-state index in [1.54, 1.807) is 24.3 Å². The Labute approximate surface area is 157 Å². The molecular formula is C17H20N2O5S2. The van der Waals surface area contributed by atoms with E-state index in [1.807, 2.05) is 12.1 Å². The molecule has 140 valence electrons. The Morgan fingerprint density at radius 2 is 1.69 bits per heavy atom. The number of nitrogens with zero attached hydrogens (tertiary/aromatic N) is 1. The van der Waals surface area contributed by atoms with Crippen LogP contribution in [0.1, 0.15) is 11.1 Å². The summed E-state index contributed by atoms with van der Waals surface area (Å²) in [7, 11) is 2.53. The van der Waals surface area contributed by atoms with Gasteiger partial charge in [0.2, 0.25) is 0 Å². The molecule has 0 saturated carbocycles. The smallest absolute Gasteiger partial charge is 0.278 e. The van der Waals surface area contributed by atoms with E-state index in [1.165, 1.54) is 25.3 Å². The molecule has 0 radical (unpaired) electrons. The van der Waals surface area contributed by atoms with E-state index in [4.69, 9.17) is 13.1 Å². The Morgan fingerprint density at radius 1 is 1.00 bits per heavy atom. The van der Waals surface area contributed by atoms with E-state index in [-0.39, 0.29) is 0 Å². The van der Waals surface area contributed by atoms with Crippen LogP contribution in [0.5, 0.6) is 11.5 Å². The Bertz CT molecular complexity index is 797. The third kappa shape index (κ3) is 4.13. The molecule has 9 heteroatoms. The number of benzene rings is 2. The minimum Gasteiger partial charge on any atom is -0.457 e. The minimum atomic E-state index is -1.93. The van der Waals surface area contributed by atoms with Gasteiger partial charge in [-0.3, -0.25) is 8.37 Å². The van der Waals surface area contributed by atoms with E-state index in [0.29, 0.717) is 11.4 Å². The molecule has 7 nitrogen and oxygen atoms in total. The van der Waals surface area contributed by atoms with Crippen LogP contribution >= 0.6 is 0 Å². The minimum absolute atomic E-state index is 0.428. The summed E-state index contributed by atoms with van der Waals surface area (Å²) in [5, 5.41) is 3.34. The fourth-order valence-electron chi connectivity index (χ4n) is 2.71. The van der Waals surface area contributed by atoms with Crippen LogP contribution in [0.2, 0.25) is 0 Å². The number of nitrogens with one attached hydrogen (secondary N) is 1. The first-order valence-electron chi connectivity index (χ1n) is 7.96. The van der Waals surface area contributed by atoms with Crippen molar-refractivity contribution in [3.05, 3.63) is 53.6 Å². The molecule has 1 aliphatic heterocycles. The molecule has 0 amide bonds. The molecule has 0 aromatic heterocycles. The quantitative estimate of drug-likeness (QED) is 0.774. The van der Waals surface area contributed by atoms with E-state index in [9.17, 15) is 8.42 Å². The molecule has 1 N–H and O–H groups in total. The average molecular weight is 396 g/mol. The Balaban J connectivity index is 1.82. The lowest BCUT2D eigenvalue weighted by Crippen LogP contribution is -2.29. The van der Waals surface area contributed by atoms with Gasteiger partial charge in [-0.1, -0.05) is 12.1 Å². The van der Waals surface area contributed by atoms with Crippen LogP contribution in [-0.2, 0) is 43.9 Å². The van der Waals surface area contributed by atoms with Gasteiger partial charge in [0.15, 0.2) is 0 Å². The molecule has 0 spiro atoms. The summed E-state index contributed by atoms with van der Waals surface area (Å²) in [6.45, 7) is 1.76. The van der Waals surface area contributed by atoms with Gasteiger partial charge in [-0.25, -0.2) is 8.42 Å². The van der Waals surface area contributed by atoms with Crippen molar-refractivity contribution >= 4 is 28.2 Å². The van der Waals surface area contributed by atoms with Gasteiger partial charge in [0, 0.05) is 12.1 Å². The molecule has 2 atom stereocenters. The van der Waals surface area contributed by atoms with Crippen molar-refractivity contribution in [1.82, 2.24) is 5.32 Å². The normalized spacial score (nSPS) is 15.8. The van der Waals surface area contributed by atoms with Crippen LogP contribution in [0.15, 0.2) is 42.5 Å². The molecule has 3 rings (SSSR count). The summed E-state index contributed by atoms with van der Waals surface area (Å²) in [5.41, 5.74) is 2.87. The van der Waals surface area contributed by atoms with Gasteiger partial charge in [-0.05, 0) is 48.9 Å². The maximum atomic E-state index is 12.0. The number of ether oxygens (including phenoxy) is 1. The van der Waals surface area contributed by atoms with Crippen molar-refractivity contribution in [2.45, 2.75) is 13.0 Å². The van der Waals surface area contributed by atoms with Crippen molar-refractivity contribution < 1.29 is 21.5 Å². The molecule has 1 heterocycles. The highest BCUT2D eigenvalue weighted by atomic mass is 32.3. The lowest BCUT2D eigenvalue weighted by Gasteiger charge is -2.21. The Kier molecular flexibility index (Phi) is 6.38. The van der Waals surface area contributed by atoms with E-state index >= 15 is 0 Å². The maximum absolute atomic E-state index is 12.0. The highest BCUT2D eigenvalue weighted by Gasteiger charge is 2.22. The molecule has 0 bridgehead atoms. The molecular weight excluding hydrogens is 376 g/mol. The molecule has 0 saturated heterocycles. The van der Waals surface area contributed by atoms with Crippen LogP contribution in [0.4, 0.5) is 5.69 Å². The van der Waals surface area contributed by atoms with E-state index < -0.39 is 22.5 Å². The first kappa shape index (κ1) is 19.0. The number of anilines is 1. The summed E-state index contributed by atoms with van der Waals surface area (Å²) < 4.78 is 40.5. The lowest BCUT2D eigenvalue weighted by molar-refractivity contribution is 0.434. The van der Waals surface area contributed by atoms with E-state index in [2.05, 4.69) is 11.4 Å². The zero-order chi connectivity index (χ0) is 18.5. The average Bonchev–Trinajstić information content (AvgIpc) is 2.69. The zero-order valence-corrected chi connectivity index (χ0v) is 16.1. The fourth-order valence-corrected chi connectivity index (χ4v) is 4.33. The van der Waals surface area contributed by atoms with Crippen LogP contribution in [-0.4, -0.2) is 29.2 Å². The summed E-state index contributed by atoms with van der Waals surface area (Å²) in [4.78, 5) is 0. The summed E-state index contributed by atoms with van der Waals surface area (Å²) in [6.07, 6.45) is 0.914. The van der Waals surface area contributed by atoms with Gasteiger partial charge in [-0.2, -0.15) is 3.71 Å². The van der Waals surface area contributed by atoms with Crippen LogP contribution in [0.25, 0.3) is 0 Å². The molecule has 0 aliphatic carbocycles. The largest absolute Gasteiger partial charge is 0.457 e. The second-order valence-electron chi connectivity index (χ2n) is 5.44. The molecule has 2 aromatic rings. The predicted molar refractivity (Wildman–Crippen MR) is 101 cm³/mol. The van der Waals surface area contributed by atoms with Crippen LogP contribution in [0, 0.1) is 0 Å². The highest BCUT2D eigenvalue weighted by Crippen LogP contribution is 2.31. The van der Waals surface area contributed by atoms with Crippen molar-refractivity contribution in [2.75, 3.05) is 24.5 Å². The lowest BCUT2D eigenvalue weighted by atomic mass is 10.0. The number of hydrogen-bond donors (Lipinski definition) is 1. The van der Waals surface area contributed by atoms with Crippen LogP contribution < -0.4 is 13.8 Å². The molecule has 1 aliphatic rings. The first-order chi connectivity index (χ1) is 12.6. The number of fused-ring (bicyclic) bond motifs is 1. The van der Waals surface area contributed by atoms with Gasteiger partial charge in [-0.15, -0.1) is 0 Å². The Hall–Kier alpha value is -1.78. The molecule has 0 fully saturated rings.